The molecule has 0 saturated carbocycles. The maximum atomic E-state index is 12.5. The van der Waals surface area contributed by atoms with E-state index in [9.17, 15) is 4.79 Å². The van der Waals surface area contributed by atoms with Crippen molar-refractivity contribution >= 4 is 11.9 Å². The minimum absolute atomic E-state index is 0.175. The Kier molecular flexibility index (Phi) is 5.84. The summed E-state index contributed by atoms with van der Waals surface area (Å²) in [5.74, 6) is 1.30. The Morgan fingerprint density at radius 3 is 2.61 bits per heavy atom. The molecular formula is C24H24N4O3. The van der Waals surface area contributed by atoms with E-state index >= 15 is 0 Å². The minimum Gasteiger partial charge on any atom is -0.486 e. The Bertz CT molecular complexity index is 1190. The summed E-state index contributed by atoms with van der Waals surface area (Å²) >= 11 is 0. The molecule has 0 unspecified atom stereocenters. The van der Waals surface area contributed by atoms with Gasteiger partial charge in [0.15, 0.2) is 5.76 Å². The molecule has 2 aromatic heterocycles. The second-order valence-corrected chi connectivity index (χ2v) is 7.51. The van der Waals surface area contributed by atoms with Crippen LogP contribution in [0.5, 0.6) is 5.75 Å². The predicted molar refractivity (Wildman–Crippen MR) is 117 cm³/mol. The second-order valence-electron chi connectivity index (χ2n) is 7.51. The highest BCUT2D eigenvalue weighted by Crippen LogP contribution is 2.19. The minimum atomic E-state index is -0.412. The predicted octanol–water partition coefficient (Wildman–Crippen LogP) is 4.68. The van der Waals surface area contributed by atoms with Crippen molar-refractivity contribution in [2.45, 2.75) is 33.9 Å². The quantitative estimate of drug-likeness (QED) is 0.473. The number of rotatable bonds is 7. The molecule has 7 nitrogen and oxygen atoms in total. The zero-order valence-electron chi connectivity index (χ0n) is 17.8. The number of carbonyl (C=O) groups excluding carboxylic acids is 1. The number of ether oxygens (including phenoxy) is 1. The molecule has 0 aliphatic heterocycles. The van der Waals surface area contributed by atoms with Gasteiger partial charge >= 0.3 is 0 Å². The lowest BCUT2D eigenvalue weighted by molar-refractivity contribution is 0.0991. The third-order valence-electron chi connectivity index (χ3n) is 4.97. The molecule has 0 radical (unpaired) electrons. The van der Waals surface area contributed by atoms with Crippen molar-refractivity contribution in [3.63, 3.8) is 0 Å². The standard InChI is InChI=1S/C24H24N4O3/c1-16-4-7-19(8-5-16)13-28-15-25-24(27-28)26-23(29)22-11-10-21(31-22)14-30-20-9-6-17(2)18(3)12-20/h4-12,15H,13-14H2,1-3H3,(H,26,27,29). The maximum absolute atomic E-state index is 12.5. The molecule has 0 bridgehead atoms. The number of hydrogen-bond donors (Lipinski definition) is 1. The monoisotopic (exact) mass is 416 g/mol. The Labute approximate surface area is 180 Å². The summed E-state index contributed by atoms with van der Waals surface area (Å²) in [6, 6.07) is 17.4. The Morgan fingerprint density at radius 2 is 1.84 bits per heavy atom. The zero-order valence-corrected chi connectivity index (χ0v) is 17.8. The molecular weight excluding hydrogens is 392 g/mol. The molecule has 158 valence electrons. The molecule has 0 spiro atoms. The molecule has 1 N–H and O–H groups in total. The van der Waals surface area contributed by atoms with E-state index < -0.39 is 5.91 Å². The maximum Gasteiger partial charge on any atom is 0.293 e. The van der Waals surface area contributed by atoms with Crippen molar-refractivity contribution in [1.82, 2.24) is 14.8 Å². The summed E-state index contributed by atoms with van der Waals surface area (Å²) in [6.07, 6.45) is 1.58. The summed E-state index contributed by atoms with van der Waals surface area (Å²) in [6.45, 7) is 6.94. The Hall–Kier alpha value is -3.87. The lowest BCUT2D eigenvalue weighted by atomic mass is 10.1. The van der Waals surface area contributed by atoms with Gasteiger partial charge in [0.05, 0.1) is 6.54 Å². The van der Waals surface area contributed by atoms with E-state index in [2.05, 4.69) is 22.3 Å². The molecule has 4 rings (SSSR count). The number of aryl methyl sites for hydroxylation is 3. The Morgan fingerprint density at radius 1 is 1.03 bits per heavy atom. The van der Waals surface area contributed by atoms with Gasteiger partial charge in [0, 0.05) is 0 Å². The average Bonchev–Trinajstić information content (AvgIpc) is 3.40. The van der Waals surface area contributed by atoms with Crippen LogP contribution in [-0.4, -0.2) is 20.7 Å². The van der Waals surface area contributed by atoms with Gasteiger partial charge in [-0.2, -0.15) is 0 Å². The number of nitrogens with zero attached hydrogens (tertiary/aromatic N) is 3. The summed E-state index contributed by atoms with van der Waals surface area (Å²) in [7, 11) is 0. The van der Waals surface area contributed by atoms with E-state index in [0.717, 1.165) is 16.9 Å². The van der Waals surface area contributed by atoms with Gasteiger partial charge in [0.1, 0.15) is 24.4 Å². The molecule has 1 amide bonds. The molecule has 0 fully saturated rings. The van der Waals surface area contributed by atoms with Crippen molar-refractivity contribution < 1.29 is 13.9 Å². The van der Waals surface area contributed by atoms with Crippen LogP contribution in [0.15, 0.2) is 65.3 Å². The fourth-order valence-electron chi connectivity index (χ4n) is 3.01. The average molecular weight is 416 g/mol. The van der Waals surface area contributed by atoms with Gasteiger partial charge in [-0.1, -0.05) is 35.9 Å². The van der Waals surface area contributed by atoms with Crippen LogP contribution in [0.1, 0.15) is 38.6 Å². The lowest BCUT2D eigenvalue weighted by Crippen LogP contribution is -2.12. The van der Waals surface area contributed by atoms with Crippen molar-refractivity contribution in [3.05, 3.63) is 94.7 Å². The van der Waals surface area contributed by atoms with E-state index in [-0.39, 0.29) is 18.3 Å². The number of furan rings is 1. The van der Waals surface area contributed by atoms with Crippen LogP contribution in [0, 0.1) is 20.8 Å². The van der Waals surface area contributed by atoms with Crippen LogP contribution in [0.25, 0.3) is 0 Å². The summed E-state index contributed by atoms with van der Waals surface area (Å²) in [5.41, 5.74) is 4.67. The van der Waals surface area contributed by atoms with E-state index in [0.29, 0.717) is 12.3 Å². The molecule has 0 saturated heterocycles. The molecule has 31 heavy (non-hydrogen) atoms. The van der Waals surface area contributed by atoms with Gasteiger partial charge in [-0.05, 0) is 61.7 Å². The van der Waals surface area contributed by atoms with Crippen LogP contribution in [0.3, 0.4) is 0 Å². The lowest BCUT2D eigenvalue weighted by Gasteiger charge is -2.06. The molecule has 2 aromatic carbocycles. The van der Waals surface area contributed by atoms with E-state index in [1.165, 1.54) is 11.1 Å². The van der Waals surface area contributed by atoms with E-state index in [4.69, 9.17) is 9.15 Å². The van der Waals surface area contributed by atoms with Crippen LogP contribution in [0.2, 0.25) is 0 Å². The van der Waals surface area contributed by atoms with Gasteiger partial charge in [-0.15, -0.1) is 5.10 Å². The van der Waals surface area contributed by atoms with Gasteiger partial charge < -0.3 is 9.15 Å². The summed E-state index contributed by atoms with van der Waals surface area (Å²) in [5, 5.41) is 6.96. The highest BCUT2D eigenvalue weighted by atomic mass is 16.5. The topological polar surface area (TPSA) is 82.2 Å². The van der Waals surface area contributed by atoms with E-state index in [1.807, 2.05) is 56.3 Å². The molecule has 2 heterocycles. The van der Waals surface area contributed by atoms with Gasteiger partial charge in [-0.3, -0.25) is 10.1 Å². The summed E-state index contributed by atoms with van der Waals surface area (Å²) < 4.78 is 13.0. The summed E-state index contributed by atoms with van der Waals surface area (Å²) in [4.78, 5) is 16.6. The SMILES string of the molecule is Cc1ccc(Cn2cnc(NC(=O)c3ccc(COc4ccc(C)c(C)c4)o3)n2)cc1. The number of benzene rings is 2. The van der Waals surface area contributed by atoms with Gasteiger partial charge in [0.2, 0.25) is 5.95 Å². The normalized spacial score (nSPS) is 10.8. The van der Waals surface area contributed by atoms with Gasteiger partial charge in [-0.25, -0.2) is 9.67 Å². The van der Waals surface area contributed by atoms with Crippen molar-refractivity contribution in [3.8, 4) is 5.75 Å². The van der Waals surface area contributed by atoms with Crippen LogP contribution < -0.4 is 10.1 Å². The third kappa shape index (κ3) is 5.19. The first-order chi connectivity index (χ1) is 15.0. The molecule has 4 aromatic rings. The smallest absolute Gasteiger partial charge is 0.293 e. The number of hydrogen-bond acceptors (Lipinski definition) is 5. The largest absolute Gasteiger partial charge is 0.486 e. The van der Waals surface area contributed by atoms with Crippen molar-refractivity contribution in [2.24, 2.45) is 0 Å². The van der Waals surface area contributed by atoms with Crippen LogP contribution in [-0.2, 0) is 13.2 Å². The van der Waals surface area contributed by atoms with Crippen LogP contribution >= 0.6 is 0 Å². The van der Waals surface area contributed by atoms with Crippen molar-refractivity contribution in [2.75, 3.05) is 5.32 Å². The van der Waals surface area contributed by atoms with Crippen LogP contribution in [0.4, 0.5) is 5.95 Å². The highest BCUT2D eigenvalue weighted by molar-refractivity contribution is 6.01. The fraction of sp³-hybridized carbons (Fsp3) is 0.208. The number of carbonyl (C=O) groups is 1. The zero-order chi connectivity index (χ0) is 21.8. The van der Waals surface area contributed by atoms with Crippen molar-refractivity contribution in [1.29, 1.82) is 0 Å². The number of amides is 1. The Balaban J connectivity index is 1.33. The molecule has 0 aliphatic carbocycles. The number of aromatic nitrogens is 3. The molecule has 0 atom stereocenters. The van der Waals surface area contributed by atoms with E-state index in [1.54, 1.807) is 23.1 Å². The molecule has 7 heteroatoms. The second kappa shape index (κ2) is 8.87. The number of anilines is 1. The highest BCUT2D eigenvalue weighted by Gasteiger charge is 2.14. The fourth-order valence-corrected chi connectivity index (χ4v) is 3.01. The first kappa shape index (κ1) is 20.4. The number of nitrogens with one attached hydrogen (secondary N) is 1. The first-order valence-electron chi connectivity index (χ1n) is 10.0. The van der Waals surface area contributed by atoms with Gasteiger partial charge in [0.25, 0.3) is 5.91 Å². The molecule has 0 aliphatic rings. The third-order valence-corrected chi connectivity index (χ3v) is 4.97. The first-order valence-corrected chi connectivity index (χ1v) is 10.0.